The van der Waals surface area contributed by atoms with Crippen molar-refractivity contribution in [1.82, 2.24) is 25.6 Å². The Balaban J connectivity index is 0.00000196. The van der Waals surface area contributed by atoms with Gasteiger partial charge in [0.15, 0.2) is 5.82 Å². The van der Waals surface area contributed by atoms with Crippen LogP contribution in [0.5, 0.6) is 5.75 Å². The Kier molecular flexibility index (Phi) is 5.56. The lowest BCUT2D eigenvalue weighted by molar-refractivity contribution is 0.302. The van der Waals surface area contributed by atoms with E-state index in [1.807, 2.05) is 60.7 Å². The molecule has 4 rings (SSSR count). The largest absolute Gasteiger partial charge is 0.487 e. The number of nitrogens with zero attached hydrogens (tertiary/aromatic N) is 4. The number of rotatable bonds is 5. The maximum absolute atomic E-state index is 5.87. The molecule has 6 nitrogen and oxygen atoms in total. The van der Waals surface area contributed by atoms with Crippen LogP contribution >= 0.6 is 12.4 Å². The predicted molar refractivity (Wildman–Crippen MR) is 103 cm³/mol. The molecular formula is C19H16ClN5O. The number of para-hydroxylation sites is 1. The highest BCUT2D eigenvalue weighted by molar-refractivity contribution is 5.85. The zero-order chi connectivity index (χ0) is 16.9. The zero-order valence-corrected chi connectivity index (χ0v) is 14.6. The molecule has 0 fully saturated rings. The third-order valence-corrected chi connectivity index (χ3v) is 3.69. The first-order valence-corrected chi connectivity index (χ1v) is 7.86. The molecule has 0 radical (unpaired) electrons. The summed E-state index contributed by atoms with van der Waals surface area (Å²) >= 11 is 0. The lowest BCUT2D eigenvalue weighted by atomic mass is 10.2. The number of hydrogen-bond acceptors (Lipinski definition) is 5. The average molecular weight is 366 g/mol. The van der Waals surface area contributed by atoms with Crippen molar-refractivity contribution in [2.24, 2.45) is 0 Å². The molecule has 0 aliphatic carbocycles. The van der Waals surface area contributed by atoms with Crippen molar-refractivity contribution >= 4 is 35.5 Å². The van der Waals surface area contributed by atoms with Gasteiger partial charge < -0.3 is 4.74 Å². The van der Waals surface area contributed by atoms with E-state index >= 15 is 0 Å². The van der Waals surface area contributed by atoms with Crippen LogP contribution in [0.15, 0.2) is 60.7 Å². The monoisotopic (exact) mass is 365 g/mol. The number of aromatic amines is 1. The number of halogens is 1. The first-order valence-electron chi connectivity index (χ1n) is 7.86. The number of hydrogen-bond donors (Lipinski definition) is 1. The first kappa shape index (κ1) is 17.6. The summed E-state index contributed by atoms with van der Waals surface area (Å²) in [6.45, 7) is 0.419. The maximum atomic E-state index is 5.87. The summed E-state index contributed by atoms with van der Waals surface area (Å²) < 4.78 is 5.87. The summed E-state index contributed by atoms with van der Waals surface area (Å²) in [4.78, 5) is 4.62. The minimum atomic E-state index is 0. The van der Waals surface area contributed by atoms with Crippen LogP contribution in [0.2, 0.25) is 0 Å². The molecule has 7 heteroatoms. The van der Waals surface area contributed by atoms with Gasteiger partial charge in [-0.15, -0.1) is 22.6 Å². The maximum Gasteiger partial charge on any atom is 0.197 e. The SMILES string of the molecule is C(=Cc1nn[nH]n1)c1cccc(OCc2ccc3ccccc3n2)c1.Cl. The molecule has 0 aliphatic rings. The molecule has 0 spiro atoms. The molecule has 0 atom stereocenters. The van der Waals surface area contributed by atoms with Crippen LogP contribution in [0.3, 0.4) is 0 Å². The van der Waals surface area contributed by atoms with Crippen LogP contribution in [-0.2, 0) is 6.61 Å². The van der Waals surface area contributed by atoms with Crippen molar-refractivity contribution in [3.8, 4) is 5.75 Å². The van der Waals surface area contributed by atoms with Gasteiger partial charge in [-0.25, -0.2) is 4.98 Å². The van der Waals surface area contributed by atoms with Crippen molar-refractivity contribution in [1.29, 1.82) is 0 Å². The van der Waals surface area contributed by atoms with Crippen LogP contribution in [-0.4, -0.2) is 25.6 Å². The molecule has 0 saturated carbocycles. The molecule has 0 aliphatic heterocycles. The zero-order valence-electron chi connectivity index (χ0n) is 13.7. The highest BCUT2D eigenvalue weighted by atomic mass is 35.5. The lowest BCUT2D eigenvalue weighted by Gasteiger charge is -2.07. The number of ether oxygens (including phenoxy) is 1. The van der Waals surface area contributed by atoms with E-state index < -0.39 is 0 Å². The number of benzene rings is 2. The Morgan fingerprint density at radius 3 is 2.77 bits per heavy atom. The normalized spacial score (nSPS) is 10.8. The van der Waals surface area contributed by atoms with Crippen LogP contribution in [0.25, 0.3) is 23.1 Å². The molecule has 1 N–H and O–H groups in total. The van der Waals surface area contributed by atoms with Crippen LogP contribution in [0, 0.1) is 0 Å². The lowest BCUT2D eigenvalue weighted by Crippen LogP contribution is -1.98. The Bertz CT molecular complexity index is 1020. The van der Waals surface area contributed by atoms with Gasteiger partial charge in [0, 0.05) is 5.39 Å². The summed E-state index contributed by atoms with van der Waals surface area (Å²) in [6, 6.07) is 19.9. The van der Waals surface area contributed by atoms with Gasteiger partial charge in [-0.05, 0) is 41.1 Å². The number of pyridine rings is 1. The van der Waals surface area contributed by atoms with Crippen LogP contribution in [0.4, 0.5) is 0 Å². The summed E-state index contributed by atoms with van der Waals surface area (Å²) in [5.41, 5.74) is 2.86. The Morgan fingerprint density at radius 1 is 0.962 bits per heavy atom. The van der Waals surface area contributed by atoms with Crippen molar-refractivity contribution in [2.45, 2.75) is 6.61 Å². The van der Waals surface area contributed by atoms with Crippen molar-refractivity contribution in [3.63, 3.8) is 0 Å². The molecule has 130 valence electrons. The minimum Gasteiger partial charge on any atom is -0.487 e. The molecule has 26 heavy (non-hydrogen) atoms. The second-order valence-corrected chi connectivity index (χ2v) is 5.46. The topological polar surface area (TPSA) is 76.6 Å². The average Bonchev–Trinajstić information content (AvgIpc) is 3.19. The van der Waals surface area contributed by atoms with Crippen molar-refractivity contribution in [2.75, 3.05) is 0 Å². The van der Waals surface area contributed by atoms with E-state index in [-0.39, 0.29) is 12.4 Å². The summed E-state index contributed by atoms with van der Waals surface area (Å²) in [6.07, 6.45) is 3.69. The van der Waals surface area contributed by atoms with Crippen molar-refractivity contribution < 1.29 is 4.74 Å². The molecular weight excluding hydrogens is 350 g/mol. The quantitative estimate of drug-likeness (QED) is 0.580. The van der Waals surface area contributed by atoms with E-state index in [4.69, 9.17) is 4.74 Å². The van der Waals surface area contributed by atoms with Gasteiger partial charge in [-0.2, -0.15) is 5.21 Å². The number of H-pyrrole nitrogens is 1. The van der Waals surface area contributed by atoms with E-state index in [2.05, 4.69) is 31.7 Å². The highest BCUT2D eigenvalue weighted by Gasteiger charge is 2.01. The molecule has 2 aromatic carbocycles. The number of tetrazole rings is 1. The molecule has 0 saturated heterocycles. The van der Waals surface area contributed by atoms with Gasteiger partial charge >= 0.3 is 0 Å². The molecule has 0 unspecified atom stereocenters. The molecule has 4 aromatic rings. The van der Waals surface area contributed by atoms with E-state index in [0.29, 0.717) is 12.4 Å². The van der Waals surface area contributed by atoms with Gasteiger partial charge in [0.25, 0.3) is 0 Å². The fourth-order valence-corrected chi connectivity index (χ4v) is 2.46. The third kappa shape index (κ3) is 4.23. The smallest absolute Gasteiger partial charge is 0.197 e. The Morgan fingerprint density at radius 2 is 1.88 bits per heavy atom. The predicted octanol–water partition coefficient (Wildman–Crippen LogP) is 3.92. The van der Waals surface area contributed by atoms with Gasteiger partial charge in [-0.3, -0.25) is 0 Å². The minimum absolute atomic E-state index is 0. The molecule has 2 aromatic heterocycles. The van der Waals surface area contributed by atoms with Gasteiger partial charge in [0.05, 0.1) is 11.2 Å². The molecule has 2 heterocycles. The standard InChI is InChI=1S/C19H15N5O.ClH/c1-2-7-18-15(5-1)9-10-16(20-18)13-25-17-6-3-4-14(12-17)8-11-19-21-23-24-22-19;/h1-12H,13H2,(H,21,22,23,24);1H. The summed E-state index contributed by atoms with van der Waals surface area (Å²) in [7, 11) is 0. The van der Waals surface area contributed by atoms with Crippen LogP contribution < -0.4 is 4.74 Å². The van der Waals surface area contributed by atoms with E-state index in [1.54, 1.807) is 6.08 Å². The fourth-order valence-electron chi connectivity index (χ4n) is 2.46. The van der Waals surface area contributed by atoms with E-state index in [9.17, 15) is 0 Å². The third-order valence-electron chi connectivity index (χ3n) is 3.69. The molecule has 0 amide bonds. The second-order valence-electron chi connectivity index (χ2n) is 5.46. The Hall–Kier alpha value is -3.25. The summed E-state index contributed by atoms with van der Waals surface area (Å²) in [5, 5.41) is 14.8. The highest BCUT2D eigenvalue weighted by Crippen LogP contribution is 2.17. The number of nitrogens with one attached hydrogen (secondary N) is 1. The Labute approximate surface area is 156 Å². The van der Waals surface area contributed by atoms with Gasteiger partial charge in [0.1, 0.15) is 12.4 Å². The molecule has 0 bridgehead atoms. The van der Waals surface area contributed by atoms with Gasteiger partial charge in [0.2, 0.25) is 0 Å². The number of fused-ring (bicyclic) bond motifs is 1. The van der Waals surface area contributed by atoms with Crippen LogP contribution in [0.1, 0.15) is 17.1 Å². The first-order chi connectivity index (χ1) is 12.4. The van der Waals surface area contributed by atoms with Crippen molar-refractivity contribution in [3.05, 3.63) is 77.7 Å². The fraction of sp³-hybridized carbons (Fsp3) is 0.0526. The van der Waals surface area contributed by atoms with Gasteiger partial charge in [-0.1, -0.05) is 42.5 Å². The second kappa shape index (κ2) is 8.22. The summed E-state index contributed by atoms with van der Waals surface area (Å²) in [5.74, 6) is 1.32. The number of aromatic nitrogens is 5. The van der Waals surface area contributed by atoms with E-state index in [1.165, 1.54) is 0 Å². The van der Waals surface area contributed by atoms with E-state index in [0.717, 1.165) is 27.9 Å².